The Balaban J connectivity index is 2.49. The number of nitrogens with zero attached hydrogens (tertiary/aromatic N) is 3. The van der Waals surface area contributed by atoms with Crippen LogP contribution < -0.4 is 4.72 Å². The number of sulfonamides is 1. The summed E-state index contributed by atoms with van der Waals surface area (Å²) in [7, 11) is -0.0527. The Bertz CT molecular complexity index is 701. The number of aromatic nitrogens is 2. The van der Waals surface area contributed by atoms with Gasteiger partial charge in [0.25, 0.3) is 0 Å². The number of rotatable bonds is 4. The van der Waals surface area contributed by atoms with Crippen LogP contribution in [0.25, 0.3) is 11.0 Å². The van der Waals surface area contributed by atoms with Gasteiger partial charge in [-0.2, -0.15) is 0 Å². The molecule has 0 saturated heterocycles. The molecular formula is C10H13ClN4O2SSe. The van der Waals surface area contributed by atoms with Gasteiger partial charge in [0, 0.05) is 0 Å². The molecule has 1 aromatic heterocycles. The van der Waals surface area contributed by atoms with Crippen LogP contribution in [0.4, 0.5) is 0 Å². The number of halogens is 1. The van der Waals surface area contributed by atoms with Crippen LogP contribution in [0.2, 0.25) is 5.02 Å². The fraction of sp³-hybridized carbons (Fsp3) is 0.400. The van der Waals surface area contributed by atoms with E-state index in [0.717, 1.165) is 0 Å². The van der Waals surface area contributed by atoms with Crippen molar-refractivity contribution in [2.24, 2.45) is 0 Å². The number of hydrogen-bond acceptors (Lipinski definition) is 5. The summed E-state index contributed by atoms with van der Waals surface area (Å²) in [5.74, 6) is 0. The number of benzene rings is 1. The molecule has 1 aromatic carbocycles. The van der Waals surface area contributed by atoms with Gasteiger partial charge in [-0.1, -0.05) is 0 Å². The van der Waals surface area contributed by atoms with E-state index < -0.39 is 10.0 Å². The Kier molecular flexibility index (Phi) is 4.29. The number of fused-ring (bicyclic) bond motifs is 1. The summed E-state index contributed by atoms with van der Waals surface area (Å²) in [6, 6.07) is 3.00. The second-order valence-corrected chi connectivity index (χ2v) is 7.47. The van der Waals surface area contributed by atoms with Crippen molar-refractivity contribution in [3.8, 4) is 0 Å². The Morgan fingerprint density at radius 1 is 1.32 bits per heavy atom. The molecule has 1 heterocycles. The van der Waals surface area contributed by atoms with E-state index in [2.05, 4.69) is 12.7 Å². The van der Waals surface area contributed by atoms with Gasteiger partial charge in [-0.05, 0) is 0 Å². The van der Waals surface area contributed by atoms with Crippen molar-refractivity contribution in [2.75, 3.05) is 14.1 Å². The Morgan fingerprint density at radius 3 is 2.58 bits per heavy atom. The standard InChI is InChI=1S/C10H13ClN4O2SSe/c1-6(15(2)3)12-18(16,17)8-5-4-7(11)9-10(8)14-19-13-9/h4-6,12H,1-3H3. The summed E-state index contributed by atoms with van der Waals surface area (Å²) in [6.07, 6.45) is -0.319. The van der Waals surface area contributed by atoms with E-state index in [-0.39, 0.29) is 26.0 Å². The minimum atomic E-state index is -3.64. The van der Waals surface area contributed by atoms with Gasteiger partial charge in [-0.25, -0.2) is 0 Å². The Hall–Kier alpha value is -0.501. The molecular weight excluding hydrogens is 355 g/mol. The zero-order valence-electron chi connectivity index (χ0n) is 10.6. The third kappa shape index (κ3) is 2.99. The molecule has 6 nitrogen and oxygen atoms in total. The van der Waals surface area contributed by atoms with Gasteiger partial charge < -0.3 is 0 Å². The van der Waals surface area contributed by atoms with Crippen LogP contribution in [0.15, 0.2) is 17.0 Å². The van der Waals surface area contributed by atoms with Gasteiger partial charge in [0.2, 0.25) is 0 Å². The van der Waals surface area contributed by atoms with Gasteiger partial charge in [-0.15, -0.1) is 0 Å². The zero-order chi connectivity index (χ0) is 14.2. The van der Waals surface area contributed by atoms with Crippen LogP contribution in [0.3, 0.4) is 0 Å². The van der Waals surface area contributed by atoms with Crippen molar-refractivity contribution in [3.05, 3.63) is 17.2 Å². The molecule has 2 aromatic rings. The van der Waals surface area contributed by atoms with Crippen LogP contribution in [-0.2, 0) is 10.0 Å². The van der Waals surface area contributed by atoms with Crippen LogP contribution in [0.1, 0.15) is 6.92 Å². The molecule has 1 atom stereocenters. The third-order valence-corrected chi connectivity index (χ3v) is 5.69. The van der Waals surface area contributed by atoms with Gasteiger partial charge >= 0.3 is 123 Å². The topological polar surface area (TPSA) is 75.2 Å². The fourth-order valence-electron chi connectivity index (χ4n) is 1.42. The van der Waals surface area contributed by atoms with E-state index in [1.54, 1.807) is 25.9 Å². The van der Waals surface area contributed by atoms with E-state index in [9.17, 15) is 8.42 Å². The predicted molar refractivity (Wildman–Crippen MR) is 75.0 cm³/mol. The average Bonchev–Trinajstić information content (AvgIpc) is 2.77. The first-order valence-corrected chi connectivity index (χ1v) is 8.82. The van der Waals surface area contributed by atoms with Crippen molar-refractivity contribution in [1.29, 1.82) is 0 Å². The molecule has 1 N–H and O–H groups in total. The Morgan fingerprint density at radius 2 is 1.95 bits per heavy atom. The summed E-state index contributed by atoms with van der Waals surface area (Å²) < 4.78 is 35.6. The predicted octanol–water partition coefficient (Wildman–Crippen LogP) is 0.526. The molecule has 19 heavy (non-hydrogen) atoms. The van der Waals surface area contributed by atoms with Crippen molar-refractivity contribution < 1.29 is 8.42 Å². The molecule has 0 amide bonds. The monoisotopic (exact) mass is 368 g/mol. The minimum absolute atomic E-state index is 0.128. The molecule has 0 aliphatic heterocycles. The van der Waals surface area contributed by atoms with Crippen LogP contribution in [-0.4, -0.2) is 56.5 Å². The average molecular weight is 368 g/mol. The molecule has 2 rings (SSSR count). The number of nitrogens with one attached hydrogen (secondary N) is 1. The van der Waals surface area contributed by atoms with Crippen LogP contribution in [0.5, 0.6) is 0 Å². The third-order valence-electron chi connectivity index (χ3n) is 2.72. The van der Waals surface area contributed by atoms with Gasteiger partial charge in [-0.3, -0.25) is 0 Å². The number of hydrogen-bond donors (Lipinski definition) is 1. The van der Waals surface area contributed by atoms with E-state index in [1.165, 1.54) is 12.1 Å². The van der Waals surface area contributed by atoms with Crippen molar-refractivity contribution >= 4 is 47.6 Å². The molecule has 0 saturated carbocycles. The van der Waals surface area contributed by atoms with Crippen LogP contribution >= 0.6 is 11.6 Å². The van der Waals surface area contributed by atoms with Gasteiger partial charge in [0.05, 0.1) is 0 Å². The maximum absolute atomic E-state index is 12.3. The van der Waals surface area contributed by atoms with Crippen molar-refractivity contribution in [1.82, 2.24) is 17.6 Å². The maximum atomic E-state index is 12.3. The van der Waals surface area contributed by atoms with Gasteiger partial charge in [0.15, 0.2) is 0 Å². The molecule has 0 fully saturated rings. The first-order valence-electron chi connectivity index (χ1n) is 5.42. The fourth-order valence-corrected chi connectivity index (χ4v) is 4.50. The molecule has 104 valence electrons. The first-order chi connectivity index (χ1) is 8.83. The van der Waals surface area contributed by atoms with E-state index >= 15 is 0 Å². The summed E-state index contributed by atoms with van der Waals surface area (Å²) in [5.41, 5.74) is 0.841. The Labute approximate surface area is 123 Å². The SMILES string of the molecule is CC(NS(=O)(=O)c1ccc(Cl)c2n[se]nc12)N(C)C. The molecule has 0 spiro atoms. The molecule has 0 bridgehead atoms. The van der Waals surface area contributed by atoms with E-state index in [4.69, 9.17) is 11.6 Å². The molecule has 0 aliphatic carbocycles. The van der Waals surface area contributed by atoms with Crippen molar-refractivity contribution in [3.63, 3.8) is 0 Å². The summed E-state index contributed by atoms with van der Waals surface area (Å²) in [4.78, 5) is 1.89. The molecule has 0 radical (unpaired) electrons. The van der Waals surface area contributed by atoms with E-state index in [0.29, 0.717) is 16.1 Å². The van der Waals surface area contributed by atoms with Gasteiger partial charge in [0.1, 0.15) is 0 Å². The summed E-state index contributed by atoms with van der Waals surface area (Å²) in [5, 5.41) is 0.428. The van der Waals surface area contributed by atoms with Crippen LogP contribution in [0, 0.1) is 0 Å². The zero-order valence-corrected chi connectivity index (χ0v) is 13.9. The second kappa shape index (κ2) is 5.47. The summed E-state index contributed by atoms with van der Waals surface area (Å²) >= 11 is 5.65. The second-order valence-electron chi connectivity index (χ2n) is 4.27. The molecule has 9 heteroatoms. The summed E-state index contributed by atoms with van der Waals surface area (Å²) in [6.45, 7) is 1.76. The quantitative estimate of drug-likeness (QED) is 0.630. The molecule has 0 aliphatic rings. The molecule has 1 unspecified atom stereocenters. The first kappa shape index (κ1) is 14.9. The van der Waals surface area contributed by atoms with E-state index in [1.807, 2.05) is 0 Å². The normalized spacial score (nSPS) is 14.2. The van der Waals surface area contributed by atoms with Crippen molar-refractivity contribution in [2.45, 2.75) is 18.0 Å².